The highest BCUT2D eigenvalue weighted by Gasteiger charge is 2.35. The van der Waals surface area contributed by atoms with Crippen molar-refractivity contribution in [3.05, 3.63) is 29.3 Å². The van der Waals surface area contributed by atoms with E-state index in [0.717, 1.165) is 24.9 Å². The number of carbonyl (C=O) groups excluding carboxylic acids is 1. The number of thioether (sulfide) groups is 1. The molecule has 0 spiro atoms. The zero-order chi connectivity index (χ0) is 18.8. The number of benzene rings is 1. The molecule has 0 radical (unpaired) electrons. The third-order valence-corrected chi connectivity index (χ3v) is 6.84. The first-order valence-electron chi connectivity index (χ1n) is 9.52. The summed E-state index contributed by atoms with van der Waals surface area (Å²) in [5, 5.41) is 9.53. The van der Waals surface area contributed by atoms with E-state index in [0.29, 0.717) is 33.7 Å². The Morgan fingerprint density at radius 3 is 2.70 bits per heavy atom. The van der Waals surface area contributed by atoms with Gasteiger partial charge in [0.15, 0.2) is 5.82 Å². The number of likely N-dealkylation sites (tertiary alicyclic amines) is 1. The number of halogens is 1. The molecule has 2 aliphatic rings. The molecule has 1 saturated heterocycles. The van der Waals surface area contributed by atoms with Crippen molar-refractivity contribution in [1.29, 1.82) is 0 Å². The second-order valence-corrected chi connectivity index (χ2v) is 8.69. The Labute approximate surface area is 168 Å². The van der Waals surface area contributed by atoms with Crippen molar-refractivity contribution >= 4 is 29.3 Å². The Balaban J connectivity index is 1.41. The van der Waals surface area contributed by atoms with Crippen LogP contribution in [0.2, 0.25) is 5.02 Å². The average Bonchev–Trinajstić information content (AvgIpc) is 3.07. The Morgan fingerprint density at radius 1 is 1.15 bits per heavy atom. The first-order valence-corrected chi connectivity index (χ1v) is 10.9. The molecule has 6 nitrogen and oxygen atoms in total. The lowest BCUT2D eigenvalue weighted by Crippen LogP contribution is -2.50. The third-order valence-electron chi connectivity index (χ3n) is 5.66. The monoisotopic (exact) mass is 405 g/mol. The average molecular weight is 406 g/mol. The number of hydrogen-bond donors (Lipinski definition) is 1. The number of aromatic nitrogens is 3. The van der Waals surface area contributed by atoms with Gasteiger partial charge in [-0.25, -0.2) is 4.68 Å². The van der Waals surface area contributed by atoms with E-state index in [1.54, 1.807) is 12.1 Å². The molecule has 2 N–H and O–H groups in total. The molecule has 27 heavy (non-hydrogen) atoms. The molecule has 4 rings (SSSR count). The summed E-state index contributed by atoms with van der Waals surface area (Å²) >= 11 is 7.28. The van der Waals surface area contributed by atoms with E-state index in [4.69, 9.17) is 17.4 Å². The van der Waals surface area contributed by atoms with Crippen molar-refractivity contribution in [3.8, 4) is 11.4 Å². The van der Waals surface area contributed by atoms with Crippen LogP contribution in [0, 0.1) is 5.92 Å². The minimum atomic E-state index is 0.188. The molecule has 2 atom stereocenters. The van der Waals surface area contributed by atoms with Crippen molar-refractivity contribution in [1.82, 2.24) is 19.8 Å². The molecule has 2 aromatic rings. The molecule has 1 aromatic carbocycles. The van der Waals surface area contributed by atoms with Crippen LogP contribution in [0.5, 0.6) is 0 Å². The standard InChI is InChI=1S/C19H24ClN5OS/c20-15-9-7-14(8-10-15)18-22-23-19(25(18)21)27-12-17(26)24-11-3-5-13-4-1-2-6-16(13)24/h7-10,13,16H,1-6,11-12,21H2. The number of hydrogen-bond acceptors (Lipinski definition) is 5. The maximum absolute atomic E-state index is 12.8. The number of nitrogen functional groups attached to an aromatic ring is 1. The lowest BCUT2D eigenvalue weighted by molar-refractivity contribution is -0.134. The molecule has 0 bridgehead atoms. The highest BCUT2D eigenvalue weighted by molar-refractivity contribution is 7.99. The van der Waals surface area contributed by atoms with Gasteiger partial charge in [-0.3, -0.25) is 4.79 Å². The van der Waals surface area contributed by atoms with Crippen molar-refractivity contribution in [2.24, 2.45) is 5.92 Å². The Hall–Kier alpha value is -1.73. The van der Waals surface area contributed by atoms with Crippen LogP contribution >= 0.6 is 23.4 Å². The van der Waals surface area contributed by atoms with Gasteiger partial charge in [-0.05, 0) is 55.9 Å². The van der Waals surface area contributed by atoms with Gasteiger partial charge in [-0.1, -0.05) is 36.2 Å². The van der Waals surface area contributed by atoms with Crippen LogP contribution in [-0.4, -0.2) is 44.0 Å². The van der Waals surface area contributed by atoms with Gasteiger partial charge in [0.1, 0.15) is 0 Å². The number of fused-ring (bicyclic) bond motifs is 1. The smallest absolute Gasteiger partial charge is 0.233 e. The minimum absolute atomic E-state index is 0.188. The molecule has 8 heteroatoms. The number of nitrogens with two attached hydrogens (primary N) is 1. The zero-order valence-electron chi connectivity index (χ0n) is 15.2. The van der Waals surface area contributed by atoms with Crippen LogP contribution in [0.15, 0.2) is 29.4 Å². The highest BCUT2D eigenvalue weighted by Crippen LogP contribution is 2.35. The summed E-state index contributed by atoms with van der Waals surface area (Å²) in [5.74, 6) is 7.94. The second kappa shape index (κ2) is 8.10. The van der Waals surface area contributed by atoms with E-state index in [1.807, 2.05) is 12.1 Å². The van der Waals surface area contributed by atoms with Gasteiger partial charge in [-0.15, -0.1) is 10.2 Å². The minimum Gasteiger partial charge on any atom is -0.339 e. The van der Waals surface area contributed by atoms with Crippen LogP contribution in [0.4, 0.5) is 0 Å². The van der Waals surface area contributed by atoms with E-state index >= 15 is 0 Å². The fraction of sp³-hybridized carbons (Fsp3) is 0.526. The molecular weight excluding hydrogens is 382 g/mol. The molecule has 2 heterocycles. The van der Waals surface area contributed by atoms with Gasteiger partial charge in [0.25, 0.3) is 0 Å². The summed E-state index contributed by atoms with van der Waals surface area (Å²) in [4.78, 5) is 15.0. The number of piperidine rings is 1. The molecule has 1 aliphatic carbocycles. The number of carbonyl (C=O) groups is 1. The molecule has 2 fully saturated rings. The largest absolute Gasteiger partial charge is 0.339 e. The fourth-order valence-electron chi connectivity index (χ4n) is 4.31. The van der Waals surface area contributed by atoms with Crippen LogP contribution in [0.25, 0.3) is 11.4 Å². The molecule has 1 aromatic heterocycles. The maximum atomic E-state index is 12.8. The number of nitrogens with zero attached hydrogens (tertiary/aromatic N) is 4. The summed E-state index contributed by atoms with van der Waals surface area (Å²) in [5.41, 5.74) is 0.841. The van der Waals surface area contributed by atoms with Crippen LogP contribution in [-0.2, 0) is 4.79 Å². The summed E-state index contributed by atoms with van der Waals surface area (Å²) in [6.45, 7) is 0.881. The lowest BCUT2D eigenvalue weighted by atomic mass is 9.78. The van der Waals surface area contributed by atoms with E-state index in [-0.39, 0.29) is 5.91 Å². The number of amides is 1. The summed E-state index contributed by atoms with van der Waals surface area (Å²) < 4.78 is 1.45. The van der Waals surface area contributed by atoms with E-state index < -0.39 is 0 Å². The SMILES string of the molecule is Nn1c(SCC(=O)N2CCCC3CCCCC32)nnc1-c1ccc(Cl)cc1. The van der Waals surface area contributed by atoms with Crippen molar-refractivity contribution in [2.75, 3.05) is 18.1 Å². The maximum Gasteiger partial charge on any atom is 0.233 e. The van der Waals surface area contributed by atoms with Crippen LogP contribution in [0.1, 0.15) is 38.5 Å². The van der Waals surface area contributed by atoms with Gasteiger partial charge in [0.05, 0.1) is 5.75 Å². The summed E-state index contributed by atoms with van der Waals surface area (Å²) in [7, 11) is 0. The van der Waals surface area contributed by atoms with Gasteiger partial charge >= 0.3 is 0 Å². The van der Waals surface area contributed by atoms with Gasteiger partial charge in [0.2, 0.25) is 11.1 Å². The predicted molar refractivity (Wildman–Crippen MR) is 108 cm³/mol. The van der Waals surface area contributed by atoms with Gasteiger partial charge in [0, 0.05) is 23.2 Å². The van der Waals surface area contributed by atoms with E-state index in [2.05, 4.69) is 15.1 Å². The molecule has 144 valence electrons. The summed E-state index contributed by atoms with van der Waals surface area (Å²) in [6.07, 6.45) is 7.34. The molecular formula is C19H24ClN5OS. The van der Waals surface area contributed by atoms with Crippen molar-refractivity contribution in [3.63, 3.8) is 0 Å². The van der Waals surface area contributed by atoms with Gasteiger partial charge in [-0.2, -0.15) is 0 Å². The molecule has 1 amide bonds. The second-order valence-electron chi connectivity index (χ2n) is 7.31. The van der Waals surface area contributed by atoms with E-state index in [1.165, 1.54) is 42.1 Å². The highest BCUT2D eigenvalue weighted by atomic mass is 35.5. The van der Waals surface area contributed by atoms with Crippen LogP contribution in [0.3, 0.4) is 0 Å². The summed E-state index contributed by atoms with van der Waals surface area (Å²) in [6, 6.07) is 7.72. The fourth-order valence-corrected chi connectivity index (χ4v) is 5.18. The first kappa shape index (κ1) is 18.6. The molecule has 1 aliphatic heterocycles. The Bertz CT molecular complexity index is 807. The lowest BCUT2D eigenvalue weighted by Gasteiger charge is -2.44. The molecule has 1 saturated carbocycles. The number of rotatable bonds is 4. The van der Waals surface area contributed by atoms with Crippen molar-refractivity contribution < 1.29 is 4.79 Å². The first-order chi connectivity index (χ1) is 13.1. The predicted octanol–water partition coefficient (Wildman–Crippen LogP) is 3.59. The normalized spacial score (nSPS) is 22.5. The van der Waals surface area contributed by atoms with Crippen molar-refractivity contribution in [2.45, 2.75) is 49.7 Å². The Morgan fingerprint density at radius 2 is 1.89 bits per heavy atom. The quantitative estimate of drug-likeness (QED) is 0.621. The van der Waals surface area contributed by atoms with Gasteiger partial charge < -0.3 is 10.7 Å². The topological polar surface area (TPSA) is 77.0 Å². The van der Waals surface area contributed by atoms with E-state index in [9.17, 15) is 4.79 Å². The third kappa shape index (κ3) is 3.94. The molecule has 2 unspecified atom stereocenters. The van der Waals surface area contributed by atoms with Crippen LogP contribution < -0.4 is 5.84 Å². The zero-order valence-corrected chi connectivity index (χ0v) is 16.8. The Kier molecular flexibility index (Phi) is 5.59.